The molecule has 9 heterocycles. The fourth-order valence-electron chi connectivity index (χ4n) is 15.0. The van der Waals surface area contributed by atoms with Gasteiger partial charge in [-0.3, -0.25) is 9.69 Å². The molecule has 17 rings (SSSR count). The second-order valence-corrected chi connectivity index (χ2v) is 33.8. The first-order chi connectivity index (χ1) is 56.8. The van der Waals surface area contributed by atoms with Crippen LogP contribution in [0.1, 0.15) is 140 Å². The Morgan fingerprint density at radius 1 is 0.521 bits per heavy atom. The molecule has 0 aliphatic carbocycles. The number of aldehydes is 1. The molecular formula is C96H111BBrClN12O8. The summed E-state index contributed by atoms with van der Waals surface area (Å²) in [5.74, 6) is 3.92. The Bertz CT molecular complexity index is 5830. The normalized spacial score (nSPS) is 13.1. The molecule has 23 heteroatoms. The molecule has 20 nitrogen and oxygen atoms in total. The predicted octanol–water partition coefficient (Wildman–Crippen LogP) is 19.6. The van der Waals surface area contributed by atoms with E-state index >= 15 is 0 Å². The lowest BCUT2D eigenvalue weighted by Gasteiger charge is -2.29. The highest BCUT2D eigenvalue weighted by atomic mass is 79.9. The highest BCUT2D eigenvalue weighted by Crippen LogP contribution is 2.41. The van der Waals surface area contributed by atoms with Gasteiger partial charge in [0, 0.05) is 138 Å². The van der Waals surface area contributed by atoms with Crippen molar-refractivity contribution in [1.29, 1.82) is 0 Å². The van der Waals surface area contributed by atoms with E-state index in [1.165, 1.54) is 61.2 Å². The van der Waals surface area contributed by atoms with E-state index < -0.39 is 12.7 Å². The van der Waals surface area contributed by atoms with Gasteiger partial charge in [-0.25, -0.2) is 18.8 Å². The van der Waals surface area contributed by atoms with Crippen molar-refractivity contribution in [1.82, 2.24) is 59.4 Å². The number of benzene rings is 8. The fourth-order valence-corrected chi connectivity index (χ4v) is 15.6. The molecule has 0 spiro atoms. The molecule has 0 radical (unpaired) electrons. The number of H-pyrrole nitrogens is 3. The van der Waals surface area contributed by atoms with E-state index in [0.717, 1.165) is 157 Å². The van der Waals surface area contributed by atoms with E-state index in [9.17, 15) is 9.59 Å². The van der Waals surface area contributed by atoms with Gasteiger partial charge >= 0.3 is 13.2 Å². The number of halogens is 2. The van der Waals surface area contributed by atoms with Crippen LogP contribution >= 0.6 is 28.3 Å². The first-order valence-electron chi connectivity index (χ1n) is 41.0. The first-order valence-corrected chi connectivity index (χ1v) is 41.8. The minimum absolute atomic E-state index is 0. The van der Waals surface area contributed by atoms with Gasteiger partial charge in [0.05, 0.1) is 54.8 Å². The summed E-state index contributed by atoms with van der Waals surface area (Å²) in [6.07, 6.45) is 8.95. The summed E-state index contributed by atoms with van der Waals surface area (Å²) in [5.41, 5.74) is 25.9. The monoisotopic (exact) mass is 1680 g/mol. The Kier molecular flexibility index (Phi) is 28.8. The molecule has 0 fully saturated rings. The molecule has 0 bridgehead atoms. The van der Waals surface area contributed by atoms with Crippen LogP contribution in [0.2, 0.25) is 0 Å². The van der Waals surface area contributed by atoms with Gasteiger partial charge in [-0.05, 0) is 200 Å². The summed E-state index contributed by atoms with van der Waals surface area (Å²) in [4.78, 5) is 36.7. The van der Waals surface area contributed by atoms with Gasteiger partial charge in [0.15, 0.2) is 0 Å². The summed E-state index contributed by atoms with van der Waals surface area (Å²) in [7, 11) is -1.38. The minimum atomic E-state index is -1.38. The van der Waals surface area contributed by atoms with Gasteiger partial charge in [-0.15, -0.1) is 12.4 Å². The zero-order chi connectivity index (χ0) is 83.5. The number of rotatable bonds is 18. The molecule has 8 aromatic carbocycles. The zero-order valence-corrected chi connectivity index (χ0v) is 73.2. The van der Waals surface area contributed by atoms with E-state index in [1.54, 1.807) is 17.0 Å². The van der Waals surface area contributed by atoms with Crippen LogP contribution in [0.5, 0.6) is 17.2 Å². The molecule has 0 atom stereocenters. The van der Waals surface area contributed by atoms with E-state index in [-0.39, 0.29) is 18.5 Å². The Hall–Kier alpha value is -11.0. The molecule has 6 N–H and O–H groups in total. The molecule has 0 saturated carbocycles. The lowest BCUT2D eigenvalue weighted by Crippen LogP contribution is -2.39. The zero-order valence-electron chi connectivity index (χ0n) is 70.8. The molecule has 3 aliphatic rings. The lowest BCUT2D eigenvalue weighted by molar-refractivity contribution is 0.0223. The highest BCUT2D eigenvalue weighted by molar-refractivity contribution is 9.10. The number of carbonyl (C=O) groups excluding carboxylic acids is 2. The van der Waals surface area contributed by atoms with Crippen LogP contribution in [0.4, 0.5) is 4.79 Å². The van der Waals surface area contributed by atoms with Gasteiger partial charge in [0.25, 0.3) is 0 Å². The maximum absolute atomic E-state index is 12.5. The second-order valence-electron chi connectivity index (χ2n) is 33.1. The van der Waals surface area contributed by atoms with Crippen LogP contribution in [0.3, 0.4) is 0 Å². The van der Waals surface area contributed by atoms with E-state index in [2.05, 4.69) is 235 Å². The quantitative estimate of drug-likeness (QED) is 0.0347. The lowest BCUT2D eigenvalue weighted by atomic mass is 9.80. The topological polar surface area (TPSA) is 231 Å². The maximum atomic E-state index is 12.5. The minimum Gasteiger partial charge on any atom is -0.491 e. The maximum Gasteiger partial charge on any atom is 0.488 e. The van der Waals surface area contributed by atoms with Crippen molar-refractivity contribution >= 4 is 86.0 Å². The van der Waals surface area contributed by atoms with Crippen LogP contribution in [0.25, 0.3) is 72.3 Å². The van der Waals surface area contributed by atoms with Crippen molar-refractivity contribution in [2.75, 3.05) is 39.5 Å². The Morgan fingerprint density at radius 3 is 1.47 bits per heavy atom. The third kappa shape index (κ3) is 21.0. The summed E-state index contributed by atoms with van der Waals surface area (Å²) in [6.45, 7) is 36.8. The second kappa shape index (κ2) is 39.3. The van der Waals surface area contributed by atoms with E-state index in [0.29, 0.717) is 62.5 Å². The number of carbonyl (C=O) groups is 2. The van der Waals surface area contributed by atoms with E-state index in [4.69, 9.17) is 44.3 Å². The van der Waals surface area contributed by atoms with Gasteiger partial charge in [0.2, 0.25) is 0 Å². The molecule has 0 unspecified atom stereocenters. The van der Waals surface area contributed by atoms with Crippen molar-refractivity contribution in [3.05, 3.63) is 272 Å². The Morgan fingerprint density at radius 2 is 0.975 bits per heavy atom. The average Bonchev–Trinajstić information content (AvgIpc) is 1.62. The molecule has 3 aliphatic heterocycles. The number of aryl methyl sites for hydroxylation is 5. The first kappa shape index (κ1) is 87.3. The van der Waals surface area contributed by atoms with Crippen molar-refractivity contribution < 1.29 is 38.6 Å². The summed E-state index contributed by atoms with van der Waals surface area (Å²) >= 11 is 3.73. The number of nitrogens with one attached hydrogen (secondary N) is 4. The third-order valence-corrected chi connectivity index (χ3v) is 21.9. The number of para-hydroxylation sites is 3. The molecule has 119 heavy (non-hydrogen) atoms. The molecule has 620 valence electrons. The highest BCUT2D eigenvalue weighted by Gasteiger charge is 2.33. The molecule has 1 amide bonds. The number of fused-ring (bicyclic) bond motifs is 6. The van der Waals surface area contributed by atoms with Crippen molar-refractivity contribution in [2.24, 2.45) is 17.8 Å². The number of hydrogen-bond donors (Lipinski definition) is 6. The van der Waals surface area contributed by atoms with Crippen molar-refractivity contribution in [2.45, 2.75) is 148 Å². The number of nitrogens with zero attached hydrogens (tertiary/aromatic N) is 8. The smallest absolute Gasteiger partial charge is 0.488 e. The van der Waals surface area contributed by atoms with Crippen LogP contribution in [-0.4, -0.2) is 129 Å². The number of aromatic amines is 3. The van der Waals surface area contributed by atoms with Crippen LogP contribution in [0.15, 0.2) is 199 Å². The van der Waals surface area contributed by atoms with E-state index in [1.807, 2.05) is 99.5 Å². The predicted molar refractivity (Wildman–Crippen MR) is 485 cm³/mol. The Balaban J connectivity index is 0.000000146. The number of hydrogen-bond acceptors (Lipinski definition) is 13. The summed E-state index contributed by atoms with van der Waals surface area (Å²) in [5, 5.41) is 39.9. The fraction of sp³-hybridized carbons (Fsp3) is 0.323. The van der Waals surface area contributed by atoms with Gasteiger partial charge in [0.1, 0.15) is 50.8 Å². The largest absolute Gasteiger partial charge is 0.491 e. The SMILES string of the molecule is Cc1cccc(OCC(C)C)c1-n1nc2c(c1-c1ccc3[nH]ccc3c1)CNCC2.Cc1cccc(OCC(C)C)c1-n1nc2c(c1Br)CN(C(=O)OC(C)(C)C)CC2.Cc1ccccc1C=O.Cc1ccccc1CN1CCc2nn(-c3c(C)cccc3OCC(C)C)c(-c3ccc4[nH]ccc4c3)c2C1.Cl.OB(O)c1ccc2[nH]ccc2c1. The molecule has 14 aromatic rings. The number of ether oxygens (including phenoxy) is 4. The number of amides is 1. The third-order valence-electron chi connectivity index (χ3n) is 21.1. The number of aromatic nitrogens is 9. The standard InChI is InChI=1S/C33H36N4O.C25H28N4O.C22H30BrN3O3.C8H8BNO2.C8H8O.ClH/c1-22(2)21-38-31-11-7-9-24(4)32(31)37-33(26-12-13-29-25(18-26)14-16-34-29)28-20-36(17-15-30(28)35-37)19-27-10-6-5-8-23(27)3;1-16(2)15-30-23-6-4-5-17(3)24(23)29-25(20-14-26-11-10-22(20)28-29)19-7-8-21-18(13-19)9-12-27-21;1-14(2)13-28-18-9-7-8-15(3)19(18)26-20(23)16-12-25(11-10-17(16)24-26)21(27)29-22(4,5)6;11-9(12)7-1-2-8-6(5-7)3-4-10-8;1-7-4-2-3-5-8(7)6-9;/h5-14,16,18,22,34H,15,17,19-21H2,1-4H3;4-9,12-13,16,26-27H,10-11,14-15H2,1-3H3;7-9,14H,10-13H2,1-6H3;1-5,10-12H;2-6H,1H3;1H. The Labute approximate surface area is 713 Å². The molecule has 0 saturated heterocycles. The average molecular weight is 1690 g/mol. The summed E-state index contributed by atoms with van der Waals surface area (Å²) in [6, 6.07) is 59.5. The van der Waals surface area contributed by atoms with Crippen molar-refractivity contribution in [3.8, 4) is 56.8 Å². The van der Waals surface area contributed by atoms with Crippen LogP contribution in [0, 0.1) is 52.4 Å². The van der Waals surface area contributed by atoms with Gasteiger partial charge in [-0.1, -0.05) is 151 Å². The van der Waals surface area contributed by atoms with Gasteiger partial charge < -0.3 is 54.2 Å². The van der Waals surface area contributed by atoms with Crippen molar-refractivity contribution in [3.63, 3.8) is 0 Å². The summed E-state index contributed by atoms with van der Waals surface area (Å²) < 4.78 is 31.2. The van der Waals surface area contributed by atoms with Crippen LogP contribution in [-0.2, 0) is 50.2 Å². The van der Waals surface area contributed by atoms with Crippen LogP contribution < -0.4 is 25.0 Å². The van der Waals surface area contributed by atoms with Gasteiger partial charge in [-0.2, -0.15) is 15.3 Å². The molecular weight excluding hydrogens is 1580 g/mol. The molecule has 6 aromatic heterocycles.